The summed E-state index contributed by atoms with van der Waals surface area (Å²) in [5, 5.41) is -0.181. The molecule has 1 fully saturated rings. The molecule has 2 amide bonds. The maximum absolute atomic E-state index is 12.1. The van der Waals surface area contributed by atoms with E-state index in [1.165, 1.54) is 4.90 Å². The monoisotopic (exact) mass is 266 g/mol. The van der Waals surface area contributed by atoms with Crippen LogP contribution in [0.5, 0.6) is 0 Å². The van der Waals surface area contributed by atoms with Crippen LogP contribution in [0.3, 0.4) is 0 Å². The first kappa shape index (κ1) is 12.9. The fourth-order valence-corrected chi connectivity index (χ4v) is 2.30. The van der Waals surface area contributed by atoms with E-state index in [-0.39, 0.29) is 17.2 Å². The molecule has 0 N–H and O–H groups in total. The lowest BCUT2D eigenvalue weighted by atomic mass is 10.1. The Kier molecular flexibility index (Phi) is 3.57. The second-order valence-electron chi connectivity index (χ2n) is 4.52. The Morgan fingerprint density at radius 1 is 1.39 bits per heavy atom. The molecular weight excluding hydrogens is 252 g/mol. The standard InChI is InChI=1S/C13H15ClN2O2/c1-15(2)13(18)10-5-3-4-6-11(10)16-8-9(14)7-12(16)17/h3-6,9H,7-8H2,1-2H3. The van der Waals surface area contributed by atoms with Gasteiger partial charge in [-0.25, -0.2) is 0 Å². The van der Waals surface area contributed by atoms with Gasteiger partial charge in [-0.15, -0.1) is 11.6 Å². The van der Waals surface area contributed by atoms with E-state index in [0.717, 1.165) is 0 Å². The molecule has 1 aliphatic rings. The van der Waals surface area contributed by atoms with Crippen molar-refractivity contribution in [1.29, 1.82) is 0 Å². The number of hydrogen-bond acceptors (Lipinski definition) is 2. The highest BCUT2D eigenvalue weighted by Crippen LogP contribution is 2.27. The largest absolute Gasteiger partial charge is 0.345 e. The van der Waals surface area contributed by atoms with Crippen LogP contribution in [0.2, 0.25) is 0 Å². The van der Waals surface area contributed by atoms with Gasteiger partial charge in [-0.1, -0.05) is 12.1 Å². The van der Waals surface area contributed by atoms with Gasteiger partial charge in [0, 0.05) is 27.1 Å². The minimum Gasteiger partial charge on any atom is -0.345 e. The van der Waals surface area contributed by atoms with Gasteiger partial charge < -0.3 is 9.80 Å². The van der Waals surface area contributed by atoms with E-state index in [9.17, 15) is 9.59 Å². The molecule has 96 valence electrons. The van der Waals surface area contributed by atoms with Crippen LogP contribution in [0.15, 0.2) is 24.3 Å². The highest BCUT2D eigenvalue weighted by molar-refractivity contribution is 6.24. The first-order valence-electron chi connectivity index (χ1n) is 5.76. The zero-order valence-corrected chi connectivity index (χ0v) is 11.1. The van der Waals surface area contributed by atoms with E-state index in [0.29, 0.717) is 24.2 Å². The van der Waals surface area contributed by atoms with Crippen LogP contribution in [-0.2, 0) is 4.79 Å². The molecule has 1 heterocycles. The van der Waals surface area contributed by atoms with Crippen molar-refractivity contribution in [3.63, 3.8) is 0 Å². The van der Waals surface area contributed by atoms with E-state index in [2.05, 4.69) is 0 Å². The van der Waals surface area contributed by atoms with Crippen LogP contribution in [0, 0.1) is 0 Å². The molecule has 0 radical (unpaired) electrons. The predicted octanol–water partition coefficient (Wildman–Crippen LogP) is 1.73. The molecule has 0 aromatic heterocycles. The summed E-state index contributed by atoms with van der Waals surface area (Å²) in [6.07, 6.45) is 0.325. The van der Waals surface area contributed by atoms with Crippen molar-refractivity contribution < 1.29 is 9.59 Å². The Bertz CT molecular complexity index is 488. The van der Waals surface area contributed by atoms with Crippen LogP contribution < -0.4 is 4.90 Å². The van der Waals surface area contributed by atoms with E-state index >= 15 is 0 Å². The SMILES string of the molecule is CN(C)C(=O)c1ccccc1N1CC(Cl)CC1=O. The van der Waals surface area contributed by atoms with E-state index < -0.39 is 0 Å². The number of anilines is 1. The highest BCUT2D eigenvalue weighted by atomic mass is 35.5. The van der Waals surface area contributed by atoms with Crippen LogP contribution in [-0.4, -0.2) is 42.7 Å². The molecule has 1 aliphatic heterocycles. The van der Waals surface area contributed by atoms with Crippen LogP contribution in [0.25, 0.3) is 0 Å². The van der Waals surface area contributed by atoms with Crippen molar-refractivity contribution in [3.8, 4) is 0 Å². The Morgan fingerprint density at radius 2 is 2.06 bits per heavy atom. The summed E-state index contributed by atoms with van der Waals surface area (Å²) in [6.45, 7) is 0.456. The van der Waals surface area contributed by atoms with Crippen LogP contribution in [0.4, 0.5) is 5.69 Å². The number of carbonyl (C=O) groups excluding carboxylic acids is 2. The number of carbonyl (C=O) groups is 2. The number of hydrogen-bond donors (Lipinski definition) is 0. The van der Waals surface area contributed by atoms with E-state index in [1.54, 1.807) is 37.2 Å². The molecule has 0 saturated carbocycles. The van der Waals surface area contributed by atoms with Gasteiger partial charge in [0.1, 0.15) is 0 Å². The summed E-state index contributed by atoms with van der Waals surface area (Å²) >= 11 is 5.99. The normalized spacial score (nSPS) is 19.2. The first-order valence-corrected chi connectivity index (χ1v) is 6.19. The fourth-order valence-electron chi connectivity index (χ4n) is 2.03. The summed E-state index contributed by atoms with van der Waals surface area (Å²) in [5.74, 6) is -0.148. The Balaban J connectivity index is 2.39. The second kappa shape index (κ2) is 4.98. The number of nitrogens with zero attached hydrogens (tertiary/aromatic N) is 2. The second-order valence-corrected chi connectivity index (χ2v) is 5.14. The summed E-state index contributed by atoms with van der Waals surface area (Å²) in [4.78, 5) is 27.0. The first-order chi connectivity index (χ1) is 8.50. The number of amides is 2. The maximum Gasteiger partial charge on any atom is 0.255 e. The third-order valence-corrected chi connectivity index (χ3v) is 3.20. The molecule has 1 aromatic carbocycles. The summed E-state index contributed by atoms with van der Waals surface area (Å²) < 4.78 is 0. The summed E-state index contributed by atoms with van der Waals surface area (Å²) in [5.41, 5.74) is 1.17. The number of alkyl halides is 1. The molecule has 1 saturated heterocycles. The number of rotatable bonds is 2. The molecule has 1 atom stereocenters. The predicted molar refractivity (Wildman–Crippen MR) is 71.1 cm³/mol. The van der Waals surface area contributed by atoms with Crippen molar-refractivity contribution in [2.75, 3.05) is 25.5 Å². The molecule has 0 spiro atoms. The average Bonchev–Trinajstić information content (AvgIpc) is 2.67. The minimum absolute atomic E-state index is 0.0333. The highest BCUT2D eigenvalue weighted by Gasteiger charge is 2.31. The number of para-hydroxylation sites is 1. The molecule has 18 heavy (non-hydrogen) atoms. The Morgan fingerprint density at radius 3 is 2.61 bits per heavy atom. The number of benzene rings is 1. The molecular formula is C13H15ClN2O2. The minimum atomic E-state index is -0.181. The number of halogens is 1. The van der Waals surface area contributed by atoms with Gasteiger partial charge in [0.05, 0.1) is 16.6 Å². The van der Waals surface area contributed by atoms with Crippen molar-refractivity contribution in [3.05, 3.63) is 29.8 Å². The third-order valence-electron chi connectivity index (χ3n) is 2.91. The molecule has 4 nitrogen and oxygen atoms in total. The zero-order valence-electron chi connectivity index (χ0n) is 10.4. The van der Waals surface area contributed by atoms with Crippen LogP contribution >= 0.6 is 11.6 Å². The van der Waals surface area contributed by atoms with E-state index in [1.807, 2.05) is 6.07 Å². The average molecular weight is 267 g/mol. The quantitative estimate of drug-likeness (QED) is 0.765. The van der Waals surface area contributed by atoms with Crippen molar-refractivity contribution in [2.45, 2.75) is 11.8 Å². The lowest BCUT2D eigenvalue weighted by Gasteiger charge is -2.21. The van der Waals surface area contributed by atoms with Crippen molar-refractivity contribution in [1.82, 2.24) is 4.90 Å². The maximum atomic E-state index is 12.1. The fraction of sp³-hybridized carbons (Fsp3) is 0.385. The molecule has 1 aromatic rings. The van der Waals surface area contributed by atoms with Gasteiger partial charge in [-0.3, -0.25) is 9.59 Å². The van der Waals surface area contributed by atoms with Gasteiger partial charge in [0.15, 0.2) is 0 Å². The van der Waals surface area contributed by atoms with Crippen molar-refractivity contribution >= 4 is 29.1 Å². The Labute approximate surface area is 111 Å². The molecule has 1 unspecified atom stereocenters. The smallest absolute Gasteiger partial charge is 0.255 e. The van der Waals surface area contributed by atoms with Crippen molar-refractivity contribution in [2.24, 2.45) is 0 Å². The Hall–Kier alpha value is -1.55. The molecule has 2 rings (SSSR count). The van der Waals surface area contributed by atoms with E-state index in [4.69, 9.17) is 11.6 Å². The zero-order chi connectivity index (χ0) is 13.3. The molecule has 0 bridgehead atoms. The summed E-state index contributed by atoms with van der Waals surface area (Å²) in [7, 11) is 3.38. The van der Waals surface area contributed by atoms with Gasteiger partial charge in [0.25, 0.3) is 5.91 Å². The van der Waals surface area contributed by atoms with Gasteiger partial charge in [0.2, 0.25) is 5.91 Å². The topological polar surface area (TPSA) is 40.6 Å². The van der Waals surface area contributed by atoms with Gasteiger partial charge in [-0.05, 0) is 12.1 Å². The summed E-state index contributed by atoms with van der Waals surface area (Å²) in [6, 6.07) is 7.12. The lowest BCUT2D eigenvalue weighted by molar-refractivity contribution is -0.117. The van der Waals surface area contributed by atoms with Crippen LogP contribution in [0.1, 0.15) is 16.8 Å². The molecule has 0 aliphatic carbocycles. The van der Waals surface area contributed by atoms with Gasteiger partial charge >= 0.3 is 0 Å². The lowest BCUT2D eigenvalue weighted by Crippen LogP contribution is -2.29. The molecule has 5 heteroatoms. The third kappa shape index (κ3) is 2.34. The van der Waals surface area contributed by atoms with Gasteiger partial charge in [-0.2, -0.15) is 0 Å².